The van der Waals surface area contributed by atoms with E-state index in [1.807, 2.05) is 0 Å². The number of nitrogens with zero attached hydrogens (tertiary/aromatic N) is 1. The summed E-state index contributed by atoms with van der Waals surface area (Å²) >= 11 is 0. The Kier molecular flexibility index (Phi) is 2.18. The van der Waals surface area contributed by atoms with Gasteiger partial charge >= 0.3 is 0 Å². The van der Waals surface area contributed by atoms with Crippen LogP contribution < -0.4 is 0 Å². The Hall–Kier alpha value is 0.335. The second kappa shape index (κ2) is 2.77. The molecule has 2 aliphatic rings. The van der Waals surface area contributed by atoms with E-state index >= 15 is 0 Å². The molecule has 2 aliphatic heterocycles. The highest BCUT2D eigenvalue weighted by atomic mass is 16.6. The minimum absolute atomic E-state index is 1.31. The summed E-state index contributed by atoms with van der Waals surface area (Å²) in [6.07, 6.45) is 0. The molecule has 62 valence electrons. The van der Waals surface area contributed by atoms with E-state index in [0.717, 1.165) is 0 Å². The molecule has 0 aliphatic carbocycles. The predicted octanol–water partition coefficient (Wildman–Crippen LogP) is -4.26. The number of morpholine rings is 1. The summed E-state index contributed by atoms with van der Waals surface area (Å²) in [5.41, 5.74) is -2.21. The van der Waals surface area contributed by atoms with Gasteiger partial charge in [0.05, 0.1) is 45.7 Å². The molecule has 2 heterocycles. The van der Waals surface area contributed by atoms with Crippen molar-refractivity contribution < 1.29 is 9.84 Å². The second-order valence-electron chi connectivity index (χ2n) is 4.13. The van der Waals surface area contributed by atoms with Crippen LogP contribution in [-0.4, -0.2) is 92.4 Å². The van der Waals surface area contributed by atoms with Gasteiger partial charge in [-0.1, -0.05) is 0 Å². The number of aliphatic hydroxyl groups is 1. The third kappa shape index (κ3) is 1.16. The maximum atomic E-state index is 9.86. The van der Waals surface area contributed by atoms with Gasteiger partial charge in [-0.05, 0) is 23.1 Å². The van der Waals surface area contributed by atoms with Gasteiger partial charge in [0, 0.05) is 0 Å². The van der Waals surface area contributed by atoms with Crippen molar-refractivity contribution in [2.75, 3.05) is 7.05 Å². The number of ether oxygens (including phenoxy) is 1. The van der Waals surface area contributed by atoms with Gasteiger partial charge in [0.1, 0.15) is 5.69 Å². The molecule has 3 unspecified atom stereocenters. The topological polar surface area (TPSA) is 32.7 Å². The van der Waals surface area contributed by atoms with E-state index in [9.17, 15) is 5.11 Å². The van der Waals surface area contributed by atoms with Gasteiger partial charge in [0.2, 0.25) is 0 Å². The Morgan fingerprint density at radius 3 is 2.07 bits per heavy atom. The van der Waals surface area contributed by atoms with Gasteiger partial charge in [-0.15, -0.1) is 0 Å². The maximum Gasteiger partial charge on any atom is 0.154 e. The van der Waals surface area contributed by atoms with Crippen LogP contribution in [-0.2, 0) is 4.74 Å². The van der Waals surface area contributed by atoms with E-state index < -0.39 is 21.8 Å². The molecule has 2 saturated heterocycles. The molecule has 15 heavy (non-hydrogen) atoms. The van der Waals surface area contributed by atoms with Gasteiger partial charge in [-0.3, -0.25) is 0 Å². The van der Waals surface area contributed by atoms with Gasteiger partial charge in [0.15, 0.2) is 7.85 Å². The number of hydrogen-bond donors (Lipinski definition) is 1. The molecule has 2 fully saturated rings. The lowest BCUT2D eigenvalue weighted by Gasteiger charge is -2.64. The lowest BCUT2D eigenvalue weighted by atomic mass is 9.20. The minimum atomic E-state index is -2.21. The van der Waals surface area contributed by atoms with Crippen molar-refractivity contribution in [1.82, 2.24) is 4.90 Å². The summed E-state index contributed by atoms with van der Waals surface area (Å²) in [7, 11) is 33.1. The second-order valence-corrected chi connectivity index (χ2v) is 4.13. The first-order valence-corrected chi connectivity index (χ1v) is 4.38. The first-order valence-electron chi connectivity index (χ1n) is 4.38. The zero-order valence-corrected chi connectivity index (χ0v) is 8.34. The number of hydrogen-bond acceptors (Lipinski definition) is 3. The standard InChI is InChI=1S/C5H4B7NO2/c1-13-3(8)2(6,7)15-5(10,14)4(13,9)12-11-3/h14H,1H3. The van der Waals surface area contributed by atoms with Crippen LogP contribution in [0.25, 0.3) is 0 Å². The highest BCUT2D eigenvalue weighted by Gasteiger charge is 2.65. The normalized spacial score (nSPS) is 53.2. The van der Waals surface area contributed by atoms with E-state index in [1.54, 1.807) is 7.05 Å². The fourth-order valence-electron chi connectivity index (χ4n) is 1.96. The highest BCUT2D eigenvalue weighted by molar-refractivity contribution is 7.11. The van der Waals surface area contributed by atoms with Crippen molar-refractivity contribution in [2.45, 2.75) is 21.8 Å². The lowest BCUT2D eigenvalue weighted by Crippen LogP contribution is -2.81. The molecular weight excluding hydrogens is 182 g/mol. The smallest absolute Gasteiger partial charge is 0.154 e. The predicted molar refractivity (Wildman–Crippen MR) is 62.3 cm³/mol. The summed E-state index contributed by atoms with van der Waals surface area (Å²) in [5, 5.41) is 5.26. The third-order valence-electron chi connectivity index (χ3n) is 3.23. The monoisotopic (exact) mass is 187 g/mol. The van der Waals surface area contributed by atoms with Crippen LogP contribution in [0.2, 0.25) is 0 Å². The average Bonchev–Trinajstić information content (AvgIpc) is 2.27. The van der Waals surface area contributed by atoms with Gasteiger partial charge in [0.25, 0.3) is 0 Å². The van der Waals surface area contributed by atoms with Crippen LogP contribution in [0.3, 0.4) is 0 Å². The van der Waals surface area contributed by atoms with Crippen LogP contribution in [0, 0.1) is 0 Å². The first kappa shape index (κ1) is 11.8. The Balaban J connectivity index is 2.53. The van der Waals surface area contributed by atoms with E-state index in [2.05, 4.69) is 0 Å². The molecule has 0 spiro atoms. The van der Waals surface area contributed by atoms with E-state index in [0.29, 0.717) is 0 Å². The largest absolute Gasteiger partial charge is 0.375 e. The van der Waals surface area contributed by atoms with E-state index in [4.69, 9.17) is 44.0 Å². The molecule has 2 rings (SSSR count). The van der Waals surface area contributed by atoms with Gasteiger partial charge in [-0.25, -0.2) is 0 Å². The number of likely N-dealkylation sites (N-methyl/N-ethyl adjacent to an activating group) is 1. The molecule has 3 atom stereocenters. The van der Waals surface area contributed by atoms with E-state index in [1.165, 1.54) is 19.2 Å². The zero-order chi connectivity index (χ0) is 11.7. The van der Waals surface area contributed by atoms with Gasteiger partial charge < -0.3 is 14.7 Å². The molecule has 12 radical (unpaired) electrons. The highest BCUT2D eigenvalue weighted by Crippen LogP contribution is 2.44. The summed E-state index contributed by atoms with van der Waals surface area (Å²) in [6.45, 7) is 0. The van der Waals surface area contributed by atoms with Crippen LogP contribution in [0.15, 0.2) is 0 Å². The van der Waals surface area contributed by atoms with E-state index in [-0.39, 0.29) is 0 Å². The van der Waals surface area contributed by atoms with Gasteiger partial charge in [-0.2, -0.15) is 0 Å². The van der Waals surface area contributed by atoms with Crippen LogP contribution in [0.5, 0.6) is 0 Å². The summed E-state index contributed by atoms with van der Waals surface area (Å²) in [6, 6.07) is 0. The Labute approximate surface area is 97.6 Å². The SMILES string of the molecule is [B]C1([B])OC([B])(O)C2([B])[B][B]C1([B])N2C. The number of rotatable bonds is 0. The Morgan fingerprint density at radius 1 is 1.07 bits per heavy atom. The molecule has 0 amide bonds. The van der Waals surface area contributed by atoms with Crippen molar-refractivity contribution >= 4 is 53.6 Å². The molecule has 0 aromatic heterocycles. The van der Waals surface area contributed by atoms with Crippen LogP contribution in [0.1, 0.15) is 0 Å². The molecule has 0 saturated carbocycles. The minimum Gasteiger partial charge on any atom is -0.375 e. The van der Waals surface area contributed by atoms with Crippen LogP contribution >= 0.6 is 0 Å². The third-order valence-corrected chi connectivity index (χ3v) is 3.23. The quantitative estimate of drug-likeness (QED) is 0.388. The average molecular weight is 186 g/mol. The zero-order valence-electron chi connectivity index (χ0n) is 8.34. The Morgan fingerprint density at radius 2 is 1.53 bits per heavy atom. The fourth-order valence-corrected chi connectivity index (χ4v) is 1.96. The summed E-state index contributed by atoms with van der Waals surface area (Å²) < 4.78 is 4.96. The van der Waals surface area contributed by atoms with Crippen molar-refractivity contribution in [1.29, 1.82) is 0 Å². The molecule has 0 aromatic carbocycles. The lowest BCUT2D eigenvalue weighted by molar-refractivity contribution is -0.238. The van der Waals surface area contributed by atoms with Crippen molar-refractivity contribution in [3.8, 4) is 0 Å². The molecule has 1 N–H and O–H groups in total. The van der Waals surface area contributed by atoms with Crippen LogP contribution in [0.4, 0.5) is 0 Å². The molecule has 3 nitrogen and oxygen atoms in total. The molecule has 10 heteroatoms. The fraction of sp³-hybridized carbons (Fsp3) is 1.00. The van der Waals surface area contributed by atoms with Crippen molar-refractivity contribution in [2.24, 2.45) is 0 Å². The number of fused-ring (bicyclic) bond motifs is 2. The maximum absolute atomic E-state index is 9.86. The summed E-state index contributed by atoms with van der Waals surface area (Å²) in [4.78, 5) is 1.38. The summed E-state index contributed by atoms with van der Waals surface area (Å²) in [5.74, 6) is 0. The molecule has 2 bridgehead atoms. The molecule has 0 aromatic rings. The molecular formula is C5H4B7NO2. The Bertz CT molecular complexity index is 284. The van der Waals surface area contributed by atoms with Crippen molar-refractivity contribution in [3.05, 3.63) is 0 Å². The van der Waals surface area contributed by atoms with Crippen molar-refractivity contribution in [3.63, 3.8) is 0 Å². The first-order chi connectivity index (χ1) is 6.57.